The van der Waals surface area contributed by atoms with E-state index in [1.54, 1.807) is 0 Å². The van der Waals surface area contributed by atoms with Gasteiger partial charge in [0.05, 0.1) is 26.4 Å². The minimum atomic E-state index is -4.95. The summed E-state index contributed by atoms with van der Waals surface area (Å²) in [6.07, 6.45) is 40.4. The van der Waals surface area contributed by atoms with Crippen molar-refractivity contribution in [2.75, 3.05) is 39.6 Å². The number of rotatable bonds is 66. The third-order valence-corrected chi connectivity index (χ3v) is 18.1. The molecule has 0 aliphatic carbocycles. The monoisotopic (exact) mass is 1300 g/mol. The van der Waals surface area contributed by atoms with Gasteiger partial charge in [0.2, 0.25) is 0 Å². The highest BCUT2D eigenvalue weighted by Crippen LogP contribution is 2.45. The van der Waals surface area contributed by atoms with Gasteiger partial charge < -0.3 is 33.8 Å². The van der Waals surface area contributed by atoms with Gasteiger partial charge in [-0.25, -0.2) is 9.13 Å². The standard InChI is InChI=1S/C69H134O17P2/c1-9-62(8)48-40-32-23-16-13-14-18-26-36-44-52-69(74)86-65(56-80-67(72)50-42-34-28-27-31-39-47-61(6)7)58-84-88(77,78)82-54-63(70)53-81-87(75,76)83-57-64(55-79-66(71)49-41-33-24-20-19-22-30-38-46-60(4)5)85-68(73)51-43-35-25-17-12-10-11-15-21-29-37-45-59(2)3/h59-65,70H,9-58H2,1-8H3,(H,75,76)(H,77,78)/t62?,63?,64-,65-/m1/s1. The summed E-state index contributed by atoms with van der Waals surface area (Å²) >= 11 is 0. The van der Waals surface area contributed by atoms with E-state index in [-0.39, 0.29) is 25.7 Å². The number of phosphoric ester groups is 2. The molecule has 4 unspecified atom stereocenters. The van der Waals surface area contributed by atoms with Gasteiger partial charge in [-0.2, -0.15) is 0 Å². The smallest absolute Gasteiger partial charge is 0.462 e. The van der Waals surface area contributed by atoms with Gasteiger partial charge in [-0.3, -0.25) is 37.3 Å². The maximum atomic E-state index is 13.0. The Balaban J connectivity index is 5.25. The Labute approximate surface area is 537 Å². The van der Waals surface area contributed by atoms with E-state index in [4.69, 9.17) is 37.0 Å². The highest BCUT2D eigenvalue weighted by molar-refractivity contribution is 7.47. The molecule has 3 N–H and O–H groups in total. The Bertz CT molecular complexity index is 1750. The van der Waals surface area contributed by atoms with E-state index in [0.29, 0.717) is 31.6 Å². The fourth-order valence-electron chi connectivity index (χ4n) is 10.3. The highest BCUT2D eigenvalue weighted by Gasteiger charge is 2.30. The molecule has 17 nitrogen and oxygen atoms in total. The van der Waals surface area contributed by atoms with Crippen molar-refractivity contribution in [3.8, 4) is 0 Å². The molecule has 522 valence electrons. The number of hydrogen-bond donors (Lipinski definition) is 3. The summed E-state index contributed by atoms with van der Waals surface area (Å²) in [6, 6.07) is 0. The predicted octanol–water partition coefficient (Wildman–Crippen LogP) is 19.3. The van der Waals surface area contributed by atoms with Crippen molar-refractivity contribution in [2.45, 2.75) is 356 Å². The van der Waals surface area contributed by atoms with Crippen LogP contribution in [0.1, 0.15) is 338 Å². The van der Waals surface area contributed by atoms with Crippen molar-refractivity contribution in [1.82, 2.24) is 0 Å². The fourth-order valence-corrected chi connectivity index (χ4v) is 11.9. The number of aliphatic hydroxyl groups is 1. The second kappa shape index (κ2) is 58.8. The van der Waals surface area contributed by atoms with Gasteiger partial charge in [-0.05, 0) is 49.4 Å². The van der Waals surface area contributed by atoms with Crippen molar-refractivity contribution in [3.63, 3.8) is 0 Å². The lowest BCUT2D eigenvalue weighted by Gasteiger charge is -2.21. The molecule has 0 rings (SSSR count). The number of aliphatic hydroxyl groups excluding tert-OH is 1. The van der Waals surface area contributed by atoms with E-state index >= 15 is 0 Å². The van der Waals surface area contributed by atoms with Crippen LogP contribution in [-0.4, -0.2) is 96.7 Å². The Morgan fingerprint density at radius 2 is 0.545 bits per heavy atom. The second-order valence-corrected chi connectivity index (χ2v) is 29.5. The molecule has 88 heavy (non-hydrogen) atoms. The summed E-state index contributed by atoms with van der Waals surface area (Å²) in [6.45, 7) is 14.0. The fraction of sp³-hybridized carbons (Fsp3) is 0.942. The topological polar surface area (TPSA) is 237 Å². The van der Waals surface area contributed by atoms with E-state index in [0.717, 1.165) is 114 Å². The van der Waals surface area contributed by atoms with Crippen LogP contribution in [0.15, 0.2) is 0 Å². The van der Waals surface area contributed by atoms with Crippen LogP contribution < -0.4 is 0 Å². The average Bonchev–Trinajstić information content (AvgIpc) is 3.57. The average molecular weight is 1300 g/mol. The summed E-state index contributed by atoms with van der Waals surface area (Å²) in [5.41, 5.74) is 0. The van der Waals surface area contributed by atoms with Gasteiger partial charge in [0.15, 0.2) is 12.2 Å². The molecule has 0 saturated carbocycles. The molecule has 0 heterocycles. The van der Waals surface area contributed by atoms with Crippen LogP contribution in [0.3, 0.4) is 0 Å². The lowest BCUT2D eigenvalue weighted by Crippen LogP contribution is -2.30. The van der Waals surface area contributed by atoms with Crippen molar-refractivity contribution >= 4 is 39.5 Å². The van der Waals surface area contributed by atoms with Gasteiger partial charge in [-0.15, -0.1) is 0 Å². The molecule has 0 spiro atoms. The third kappa shape index (κ3) is 61.6. The summed E-state index contributed by atoms with van der Waals surface area (Å²) in [7, 11) is -9.90. The highest BCUT2D eigenvalue weighted by atomic mass is 31.2. The number of unbranched alkanes of at least 4 members (excludes halogenated alkanes) is 31. The lowest BCUT2D eigenvalue weighted by atomic mass is 9.99. The zero-order chi connectivity index (χ0) is 65.4. The maximum Gasteiger partial charge on any atom is 0.472 e. The number of carbonyl (C=O) groups is 4. The zero-order valence-corrected chi connectivity index (χ0v) is 59.1. The summed E-state index contributed by atoms with van der Waals surface area (Å²) < 4.78 is 68.2. The summed E-state index contributed by atoms with van der Waals surface area (Å²) in [5, 5.41) is 10.6. The van der Waals surface area contributed by atoms with Crippen molar-refractivity contribution < 1.29 is 80.2 Å². The molecule has 0 aromatic heterocycles. The van der Waals surface area contributed by atoms with Crippen molar-refractivity contribution in [2.24, 2.45) is 23.7 Å². The molecule has 0 aliphatic heterocycles. The van der Waals surface area contributed by atoms with Crippen LogP contribution in [0.25, 0.3) is 0 Å². The van der Waals surface area contributed by atoms with E-state index < -0.39 is 97.5 Å². The summed E-state index contributed by atoms with van der Waals surface area (Å²) in [4.78, 5) is 72.5. The first-order chi connectivity index (χ1) is 42.1. The van der Waals surface area contributed by atoms with Crippen molar-refractivity contribution in [3.05, 3.63) is 0 Å². The van der Waals surface area contributed by atoms with Crippen molar-refractivity contribution in [1.29, 1.82) is 0 Å². The van der Waals surface area contributed by atoms with Gasteiger partial charge in [0, 0.05) is 25.7 Å². The molecule has 0 aromatic carbocycles. The number of ether oxygens (including phenoxy) is 4. The normalized spacial score (nSPS) is 14.6. The number of esters is 4. The molecule has 0 radical (unpaired) electrons. The molecular weight excluding hydrogens is 1160 g/mol. The Morgan fingerprint density at radius 3 is 0.807 bits per heavy atom. The van der Waals surface area contributed by atoms with Crippen LogP contribution in [0, 0.1) is 23.7 Å². The molecule has 6 atom stereocenters. The molecule has 0 amide bonds. The van der Waals surface area contributed by atoms with Crippen LogP contribution in [-0.2, 0) is 65.4 Å². The molecule has 0 saturated heterocycles. The number of carbonyl (C=O) groups excluding carboxylic acids is 4. The van der Waals surface area contributed by atoms with E-state index in [2.05, 4.69) is 55.4 Å². The van der Waals surface area contributed by atoms with Crippen LogP contribution >= 0.6 is 15.6 Å². The molecular formula is C69H134O17P2. The largest absolute Gasteiger partial charge is 0.472 e. The zero-order valence-electron chi connectivity index (χ0n) is 57.3. The molecule has 0 bridgehead atoms. The minimum absolute atomic E-state index is 0.105. The quantitative estimate of drug-likeness (QED) is 0.0222. The van der Waals surface area contributed by atoms with Gasteiger partial charge in [-0.1, -0.05) is 287 Å². The van der Waals surface area contributed by atoms with Gasteiger partial charge >= 0.3 is 39.5 Å². The van der Waals surface area contributed by atoms with Crippen LogP contribution in [0.4, 0.5) is 0 Å². The first-order valence-electron chi connectivity index (χ1n) is 35.7. The Kier molecular flexibility index (Phi) is 57.6. The predicted molar refractivity (Wildman–Crippen MR) is 354 cm³/mol. The van der Waals surface area contributed by atoms with Crippen LogP contribution in [0.5, 0.6) is 0 Å². The number of hydrogen-bond acceptors (Lipinski definition) is 15. The maximum absolute atomic E-state index is 13.0. The second-order valence-electron chi connectivity index (χ2n) is 26.6. The summed E-state index contributed by atoms with van der Waals surface area (Å²) in [5.74, 6) is 0.841. The molecule has 0 fully saturated rings. The Morgan fingerprint density at radius 1 is 0.318 bits per heavy atom. The van der Waals surface area contributed by atoms with E-state index in [1.165, 1.54) is 135 Å². The first-order valence-corrected chi connectivity index (χ1v) is 38.7. The van der Waals surface area contributed by atoms with E-state index in [9.17, 15) is 43.2 Å². The molecule has 19 heteroatoms. The molecule has 0 aromatic rings. The number of phosphoric acid groups is 2. The van der Waals surface area contributed by atoms with E-state index in [1.807, 2.05) is 0 Å². The lowest BCUT2D eigenvalue weighted by molar-refractivity contribution is -0.161. The molecule has 0 aliphatic rings. The first kappa shape index (κ1) is 86.1. The van der Waals surface area contributed by atoms with Gasteiger partial charge in [0.25, 0.3) is 0 Å². The Hall–Kier alpha value is -1.94. The van der Waals surface area contributed by atoms with Crippen LogP contribution in [0.2, 0.25) is 0 Å². The van der Waals surface area contributed by atoms with Gasteiger partial charge in [0.1, 0.15) is 19.3 Å². The third-order valence-electron chi connectivity index (χ3n) is 16.2. The minimum Gasteiger partial charge on any atom is -0.462 e. The SMILES string of the molecule is CCC(C)CCCCCCCCCCCCC(=O)O[C@H](COC(=O)CCCCCCCCC(C)C)COP(=O)(O)OCC(O)COP(=O)(O)OC[C@@H](COC(=O)CCCCCCCCCCC(C)C)OC(=O)CCCCCCCCCCCCCC(C)C.